The lowest BCUT2D eigenvalue weighted by molar-refractivity contribution is -0.123. The molecule has 1 fully saturated rings. The number of halogens is 1. The molecule has 4 atom stereocenters. The predicted molar refractivity (Wildman–Crippen MR) is 132 cm³/mol. The number of aromatic nitrogens is 2. The molecule has 0 spiro atoms. The van der Waals surface area contributed by atoms with Crippen LogP contribution in [0.5, 0.6) is 0 Å². The van der Waals surface area contributed by atoms with Crippen molar-refractivity contribution in [3.8, 4) is 0 Å². The predicted octanol–water partition coefficient (Wildman–Crippen LogP) is 1.35. The molecular weight excluding hydrogens is 587 g/mol. The van der Waals surface area contributed by atoms with Crippen molar-refractivity contribution in [1.82, 2.24) is 9.55 Å². The molecule has 0 amide bonds. The molecule has 1 aliphatic heterocycles. The zero-order valence-electron chi connectivity index (χ0n) is 22.3. The van der Waals surface area contributed by atoms with Crippen LogP contribution in [0.15, 0.2) is 21.9 Å². The molecule has 19 heteroatoms. The van der Waals surface area contributed by atoms with E-state index < -0.39 is 93.2 Å². The average molecular weight is 619 g/mol. The van der Waals surface area contributed by atoms with E-state index in [1.165, 1.54) is 0 Å². The van der Waals surface area contributed by atoms with Gasteiger partial charge in [-0.2, -0.15) is 0 Å². The van der Waals surface area contributed by atoms with Crippen molar-refractivity contribution >= 4 is 31.7 Å². The fraction of sp³-hybridized carbons (Fsp3) is 0.714. The fourth-order valence-corrected chi connectivity index (χ4v) is 4.56. The number of carbonyl (C=O) groups is 2. The van der Waals surface area contributed by atoms with Gasteiger partial charge in [-0.15, -0.1) is 11.6 Å². The zero-order valence-corrected chi connectivity index (χ0v) is 23.9. The van der Waals surface area contributed by atoms with E-state index in [1.54, 1.807) is 27.7 Å². The summed E-state index contributed by atoms with van der Waals surface area (Å²) in [5.41, 5.74) is -5.92. The second-order valence-corrected chi connectivity index (χ2v) is 11.1. The van der Waals surface area contributed by atoms with Gasteiger partial charge in [0.25, 0.3) is 5.56 Å². The van der Waals surface area contributed by atoms with Crippen molar-refractivity contribution in [2.75, 3.05) is 26.1 Å². The first kappa shape index (κ1) is 33.7. The first-order valence-corrected chi connectivity index (χ1v) is 13.7. The number of aliphatic hydroxyl groups is 2. The standard InChI is InChI=1S/C21H32ClN2O15P/c1-12(2)37-18(28)32-10-35-40(31,36-11-33-19(29)38-13(3)4)34-9-21(8-22)15(26)20(5,30)16(39-21)24-7-6-14(25)23-17(24)27/h6-7,12-13,15-16,26,30H,8-11H2,1-5H3,(H,23,25,27)/t15-,16?,20+,21+/m0/s1. The smallest absolute Gasteiger partial charge is 0.432 e. The number of aromatic amines is 1. The van der Waals surface area contributed by atoms with Crippen molar-refractivity contribution in [3.63, 3.8) is 0 Å². The van der Waals surface area contributed by atoms with E-state index in [1.807, 2.05) is 4.98 Å². The van der Waals surface area contributed by atoms with Crippen molar-refractivity contribution in [2.45, 2.75) is 70.4 Å². The van der Waals surface area contributed by atoms with Crippen LogP contribution < -0.4 is 11.2 Å². The Morgan fingerprint density at radius 1 is 1.10 bits per heavy atom. The van der Waals surface area contributed by atoms with Gasteiger partial charge in [0.2, 0.25) is 13.6 Å². The molecule has 2 rings (SSSR count). The molecule has 0 radical (unpaired) electrons. The highest BCUT2D eigenvalue weighted by molar-refractivity contribution is 7.48. The maximum atomic E-state index is 13.3. The minimum Gasteiger partial charge on any atom is -0.432 e. The van der Waals surface area contributed by atoms with Gasteiger partial charge in [-0.05, 0) is 34.6 Å². The molecule has 1 aliphatic rings. The van der Waals surface area contributed by atoms with E-state index >= 15 is 0 Å². The van der Waals surface area contributed by atoms with Gasteiger partial charge in [0.15, 0.2) is 6.23 Å². The van der Waals surface area contributed by atoms with Gasteiger partial charge < -0.3 is 33.9 Å². The highest BCUT2D eigenvalue weighted by Gasteiger charge is 2.62. The molecule has 40 heavy (non-hydrogen) atoms. The molecule has 3 N–H and O–H groups in total. The van der Waals surface area contributed by atoms with Crippen LogP contribution in [0.3, 0.4) is 0 Å². The first-order chi connectivity index (χ1) is 18.5. The van der Waals surface area contributed by atoms with Crippen LogP contribution in [0.1, 0.15) is 40.8 Å². The lowest BCUT2D eigenvalue weighted by atomic mass is 9.89. The first-order valence-electron chi connectivity index (χ1n) is 11.7. The Morgan fingerprint density at radius 3 is 2.08 bits per heavy atom. The summed E-state index contributed by atoms with van der Waals surface area (Å²) < 4.78 is 53.7. The maximum absolute atomic E-state index is 13.3. The van der Waals surface area contributed by atoms with Gasteiger partial charge >= 0.3 is 25.8 Å². The molecule has 228 valence electrons. The number of nitrogens with one attached hydrogen (secondary N) is 1. The number of H-pyrrole nitrogens is 1. The number of alkyl halides is 1. The van der Waals surface area contributed by atoms with Crippen LogP contribution in [0.2, 0.25) is 0 Å². The number of carbonyl (C=O) groups excluding carboxylic acids is 2. The number of nitrogens with zero attached hydrogens (tertiary/aromatic N) is 1. The van der Waals surface area contributed by atoms with Crippen LogP contribution in [-0.4, -0.2) is 87.7 Å². The molecule has 0 aliphatic carbocycles. The minimum atomic E-state index is -4.80. The number of phosphoric acid groups is 1. The summed E-state index contributed by atoms with van der Waals surface area (Å²) >= 11 is 6.06. The van der Waals surface area contributed by atoms with E-state index in [4.69, 9.17) is 39.4 Å². The number of ether oxygens (including phenoxy) is 5. The van der Waals surface area contributed by atoms with Gasteiger partial charge in [0, 0.05) is 12.3 Å². The topological polar surface area (TPSA) is 220 Å². The van der Waals surface area contributed by atoms with Crippen LogP contribution >= 0.6 is 19.4 Å². The van der Waals surface area contributed by atoms with Crippen LogP contribution in [0, 0.1) is 0 Å². The molecule has 0 saturated carbocycles. The SMILES string of the molecule is CC(C)OC(=O)OCOP(=O)(OCOC(=O)OC(C)C)OC[C@@]1(CCl)OC(n2ccc(=O)[nH]c2=O)[C@](C)(O)[C@@H]1O. The Kier molecular flexibility index (Phi) is 11.7. The van der Waals surface area contributed by atoms with E-state index in [2.05, 4.69) is 9.47 Å². The molecule has 17 nitrogen and oxygen atoms in total. The van der Waals surface area contributed by atoms with Crippen molar-refractivity contribution in [3.05, 3.63) is 33.1 Å². The molecule has 2 heterocycles. The molecule has 1 saturated heterocycles. The summed E-state index contributed by atoms with van der Waals surface area (Å²) in [4.78, 5) is 49.0. The van der Waals surface area contributed by atoms with Gasteiger partial charge in [0.1, 0.15) is 17.3 Å². The summed E-state index contributed by atoms with van der Waals surface area (Å²) in [5.74, 6) is -0.590. The Hall–Kier alpha value is -2.50. The Bertz CT molecular complexity index is 1150. The third-order valence-electron chi connectivity index (χ3n) is 5.13. The number of rotatable bonds is 13. The minimum absolute atomic E-state index is 0.535. The summed E-state index contributed by atoms with van der Waals surface area (Å²) in [6.45, 7) is 4.41. The van der Waals surface area contributed by atoms with Gasteiger partial charge in [0.05, 0.1) is 24.7 Å². The Balaban J connectivity index is 2.22. The third kappa shape index (κ3) is 8.75. The largest absolute Gasteiger partial charge is 0.510 e. The summed E-state index contributed by atoms with van der Waals surface area (Å²) in [7, 11) is -4.80. The van der Waals surface area contributed by atoms with E-state index in [-0.39, 0.29) is 0 Å². The Labute approximate surface area is 232 Å². The third-order valence-corrected chi connectivity index (χ3v) is 6.88. The van der Waals surface area contributed by atoms with E-state index in [0.717, 1.165) is 23.8 Å². The lowest BCUT2D eigenvalue weighted by Crippen LogP contribution is -2.53. The molecule has 1 aromatic heterocycles. The number of aliphatic hydroxyl groups excluding tert-OH is 1. The monoisotopic (exact) mass is 618 g/mol. The highest BCUT2D eigenvalue weighted by atomic mass is 35.5. The van der Waals surface area contributed by atoms with Crippen molar-refractivity contribution in [1.29, 1.82) is 0 Å². The summed E-state index contributed by atoms with van der Waals surface area (Å²) in [5, 5.41) is 21.9. The molecule has 0 bridgehead atoms. The average Bonchev–Trinajstić information content (AvgIpc) is 3.03. The number of hydrogen-bond acceptors (Lipinski definition) is 15. The van der Waals surface area contributed by atoms with Crippen LogP contribution in [-0.2, 0) is 41.8 Å². The molecule has 1 aromatic rings. The quantitative estimate of drug-likeness (QED) is 0.123. The Morgan fingerprint density at radius 2 is 1.62 bits per heavy atom. The molecule has 1 unspecified atom stereocenters. The van der Waals surface area contributed by atoms with Gasteiger partial charge in [-0.1, -0.05) is 0 Å². The molecular formula is C21H32ClN2O15P. The number of phosphoric ester groups is 1. The van der Waals surface area contributed by atoms with Crippen molar-refractivity contribution < 1.29 is 61.6 Å². The molecule has 0 aromatic carbocycles. The lowest BCUT2D eigenvalue weighted by Gasteiger charge is -2.32. The van der Waals surface area contributed by atoms with Crippen molar-refractivity contribution in [2.24, 2.45) is 0 Å². The zero-order chi connectivity index (χ0) is 30.3. The number of hydrogen-bond donors (Lipinski definition) is 3. The van der Waals surface area contributed by atoms with Gasteiger partial charge in [-0.25, -0.2) is 28.0 Å². The second-order valence-electron chi connectivity index (χ2n) is 9.15. The second kappa shape index (κ2) is 13.9. The summed E-state index contributed by atoms with van der Waals surface area (Å²) in [6, 6.07) is 0.981. The van der Waals surface area contributed by atoms with E-state index in [0.29, 0.717) is 0 Å². The fourth-order valence-electron chi connectivity index (χ4n) is 3.31. The van der Waals surface area contributed by atoms with Crippen LogP contribution in [0.25, 0.3) is 0 Å². The van der Waals surface area contributed by atoms with Crippen LogP contribution in [0.4, 0.5) is 9.59 Å². The highest BCUT2D eigenvalue weighted by Crippen LogP contribution is 2.52. The maximum Gasteiger partial charge on any atom is 0.510 e. The van der Waals surface area contributed by atoms with Gasteiger partial charge in [-0.3, -0.25) is 18.9 Å². The summed E-state index contributed by atoms with van der Waals surface area (Å²) in [6.07, 6.45) is -5.86. The normalized spacial score (nSPS) is 24.8. The van der Waals surface area contributed by atoms with E-state index in [9.17, 15) is 34.0 Å².